The van der Waals surface area contributed by atoms with E-state index in [0.717, 1.165) is 5.56 Å². The molecule has 0 fully saturated rings. The van der Waals surface area contributed by atoms with E-state index in [2.05, 4.69) is 10.2 Å². The van der Waals surface area contributed by atoms with Crippen molar-refractivity contribution in [2.75, 3.05) is 7.11 Å². The molecule has 0 amide bonds. The minimum absolute atomic E-state index is 0.477. The average Bonchev–Trinajstić information content (AvgIpc) is 2.26. The highest BCUT2D eigenvalue weighted by Crippen LogP contribution is 2.17. The second kappa shape index (κ2) is 4.86. The van der Waals surface area contributed by atoms with Crippen LogP contribution in [0.2, 0.25) is 0 Å². The predicted octanol–water partition coefficient (Wildman–Crippen LogP) is 0.302. The van der Waals surface area contributed by atoms with Crippen LogP contribution in [0.15, 0.2) is 34.5 Å². The quantitative estimate of drug-likeness (QED) is 0.410. The molecule has 0 aliphatic carbocycles. The monoisotopic (exact) mass is 192 g/mol. The van der Waals surface area contributed by atoms with Crippen LogP contribution < -0.4 is 16.4 Å². The molecule has 0 aromatic heterocycles. The molecule has 0 spiro atoms. The second-order valence-electron chi connectivity index (χ2n) is 2.49. The number of nitrogens with zero attached hydrogens (tertiary/aromatic N) is 2. The average molecular weight is 192 g/mol. The van der Waals surface area contributed by atoms with Gasteiger partial charge in [0.15, 0.2) is 0 Å². The molecular weight excluding hydrogens is 180 g/mol. The number of nitrogens with two attached hydrogens (primary N) is 2. The van der Waals surface area contributed by atoms with Crippen molar-refractivity contribution in [1.29, 1.82) is 0 Å². The molecule has 0 saturated heterocycles. The molecule has 0 aliphatic rings. The van der Waals surface area contributed by atoms with Crippen molar-refractivity contribution in [3.63, 3.8) is 0 Å². The van der Waals surface area contributed by atoms with E-state index < -0.39 is 0 Å². The third-order valence-electron chi connectivity index (χ3n) is 1.72. The van der Waals surface area contributed by atoms with Crippen LogP contribution in [0.25, 0.3) is 0 Å². The second-order valence-corrected chi connectivity index (χ2v) is 2.49. The zero-order valence-electron chi connectivity index (χ0n) is 7.84. The Morgan fingerprint density at radius 1 is 1.36 bits per heavy atom. The summed E-state index contributed by atoms with van der Waals surface area (Å²) in [5, 5.41) is 6.93. The molecule has 0 saturated carbocycles. The Morgan fingerprint density at radius 2 is 2.07 bits per heavy atom. The summed E-state index contributed by atoms with van der Waals surface area (Å²) in [4.78, 5) is 0. The smallest absolute Gasteiger partial charge is 0.128 e. The van der Waals surface area contributed by atoms with Gasteiger partial charge < -0.3 is 16.4 Å². The van der Waals surface area contributed by atoms with Crippen LogP contribution in [0.4, 0.5) is 0 Å². The first-order valence-electron chi connectivity index (χ1n) is 3.98. The number of hydrazone groups is 2. The van der Waals surface area contributed by atoms with Crippen molar-refractivity contribution in [2.45, 2.75) is 0 Å². The number of ether oxygens (including phenoxy) is 1. The SMILES string of the molecule is COc1ccccc1C(C=NN)=NN. The molecule has 1 rings (SSSR count). The molecule has 5 heteroatoms. The molecule has 74 valence electrons. The normalized spacial score (nSPS) is 11.9. The van der Waals surface area contributed by atoms with E-state index in [9.17, 15) is 0 Å². The number of hydrogen-bond acceptors (Lipinski definition) is 5. The topological polar surface area (TPSA) is 86.0 Å². The minimum Gasteiger partial charge on any atom is -0.496 e. The van der Waals surface area contributed by atoms with Crippen LogP contribution in [0.5, 0.6) is 5.75 Å². The fourth-order valence-corrected chi connectivity index (χ4v) is 1.10. The summed E-state index contributed by atoms with van der Waals surface area (Å²) in [6.07, 6.45) is 1.37. The molecule has 1 aromatic carbocycles. The van der Waals surface area contributed by atoms with Gasteiger partial charge in [-0.2, -0.15) is 10.2 Å². The molecule has 0 radical (unpaired) electrons. The van der Waals surface area contributed by atoms with E-state index in [0.29, 0.717) is 11.5 Å². The van der Waals surface area contributed by atoms with Gasteiger partial charge in [0, 0.05) is 5.56 Å². The maximum Gasteiger partial charge on any atom is 0.128 e. The lowest BCUT2D eigenvalue weighted by molar-refractivity contribution is 0.414. The summed E-state index contributed by atoms with van der Waals surface area (Å²) < 4.78 is 5.14. The van der Waals surface area contributed by atoms with E-state index in [1.165, 1.54) is 6.21 Å². The van der Waals surface area contributed by atoms with Gasteiger partial charge in [0.2, 0.25) is 0 Å². The largest absolute Gasteiger partial charge is 0.496 e. The number of hydrogen-bond donors (Lipinski definition) is 2. The molecule has 4 N–H and O–H groups in total. The van der Waals surface area contributed by atoms with Crippen molar-refractivity contribution in [3.8, 4) is 5.75 Å². The van der Waals surface area contributed by atoms with E-state index in [1.54, 1.807) is 7.11 Å². The van der Waals surface area contributed by atoms with Crippen LogP contribution in [0.3, 0.4) is 0 Å². The van der Waals surface area contributed by atoms with Crippen molar-refractivity contribution >= 4 is 11.9 Å². The summed E-state index contributed by atoms with van der Waals surface area (Å²) in [7, 11) is 1.58. The number of benzene rings is 1. The molecule has 1 aromatic rings. The standard InChI is InChI=1S/C9H12N4O/c1-14-9-5-3-2-4-7(9)8(13-11)6-12-10/h2-6H,10-11H2,1H3. The highest BCUT2D eigenvalue weighted by atomic mass is 16.5. The van der Waals surface area contributed by atoms with Gasteiger partial charge in [0.25, 0.3) is 0 Å². The molecule has 0 heterocycles. The van der Waals surface area contributed by atoms with Gasteiger partial charge >= 0.3 is 0 Å². The highest BCUT2D eigenvalue weighted by molar-refractivity contribution is 6.38. The van der Waals surface area contributed by atoms with Crippen LogP contribution >= 0.6 is 0 Å². The summed E-state index contributed by atoms with van der Waals surface area (Å²) >= 11 is 0. The number of methoxy groups -OCH3 is 1. The van der Waals surface area contributed by atoms with Gasteiger partial charge in [-0.3, -0.25) is 0 Å². The van der Waals surface area contributed by atoms with Crippen LogP contribution in [0.1, 0.15) is 5.56 Å². The third-order valence-corrected chi connectivity index (χ3v) is 1.72. The van der Waals surface area contributed by atoms with Crippen molar-refractivity contribution in [1.82, 2.24) is 0 Å². The van der Waals surface area contributed by atoms with Crippen LogP contribution in [-0.4, -0.2) is 19.0 Å². The van der Waals surface area contributed by atoms with Gasteiger partial charge in [-0.05, 0) is 12.1 Å². The molecule has 0 unspecified atom stereocenters. The van der Waals surface area contributed by atoms with E-state index >= 15 is 0 Å². The summed E-state index contributed by atoms with van der Waals surface area (Å²) in [5.74, 6) is 10.9. The summed E-state index contributed by atoms with van der Waals surface area (Å²) in [6.45, 7) is 0. The molecule has 5 nitrogen and oxygen atoms in total. The van der Waals surface area contributed by atoms with Crippen molar-refractivity contribution < 1.29 is 4.74 Å². The van der Waals surface area contributed by atoms with Gasteiger partial charge in [-0.25, -0.2) is 0 Å². The molecule has 0 atom stereocenters. The van der Waals surface area contributed by atoms with Crippen molar-refractivity contribution in [3.05, 3.63) is 29.8 Å². The zero-order chi connectivity index (χ0) is 10.4. The lowest BCUT2D eigenvalue weighted by atomic mass is 10.1. The van der Waals surface area contributed by atoms with Gasteiger partial charge in [0.1, 0.15) is 11.5 Å². The minimum atomic E-state index is 0.477. The first kappa shape index (κ1) is 10.0. The molecule has 0 aliphatic heterocycles. The van der Waals surface area contributed by atoms with Gasteiger partial charge in [-0.15, -0.1) is 0 Å². The summed E-state index contributed by atoms with van der Waals surface area (Å²) in [5.41, 5.74) is 1.23. The fraction of sp³-hybridized carbons (Fsp3) is 0.111. The van der Waals surface area contributed by atoms with Crippen molar-refractivity contribution in [2.24, 2.45) is 21.9 Å². The molecule has 14 heavy (non-hydrogen) atoms. The summed E-state index contributed by atoms with van der Waals surface area (Å²) in [6, 6.07) is 7.35. The predicted molar refractivity (Wildman–Crippen MR) is 56.4 cm³/mol. The molecular formula is C9H12N4O. The number of para-hydroxylation sites is 1. The maximum absolute atomic E-state index is 5.20. The Kier molecular flexibility index (Phi) is 3.49. The van der Waals surface area contributed by atoms with Gasteiger partial charge in [0.05, 0.1) is 13.3 Å². The lowest BCUT2D eigenvalue weighted by Crippen LogP contribution is -2.08. The van der Waals surface area contributed by atoms with Crippen LogP contribution in [0, 0.1) is 0 Å². The zero-order valence-corrected chi connectivity index (χ0v) is 7.84. The lowest BCUT2D eigenvalue weighted by Gasteiger charge is -2.06. The Labute approximate surface area is 82.1 Å². The highest BCUT2D eigenvalue weighted by Gasteiger charge is 2.06. The first-order valence-corrected chi connectivity index (χ1v) is 3.98. The number of rotatable bonds is 3. The Morgan fingerprint density at radius 3 is 2.64 bits per heavy atom. The Balaban J connectivity index is 3.16. The molecule has 0 bridgehead atoms. The van der Waals surface area contributed by atoms with E-state index in [1.807, 2.05) is 24.3 Å². The van der Waals surface area contributed by atoms with Gasteiger partial charge in [-0.1, -0.05) is 12.1 Å². The first-order chi connectivity index (χ1) is 6.83. The fourth-order valence-electron chi connectivity index (χ4n) is 1.10. The maximum atomic E-state index is 5.20. The Hall–Kier alpha value is -2.04. The Bertz CT molecular complexity index is 360. The van der Waals surface area contributed by atoms with E-state index in [4.69, 9.17) is 16.4 Å². The van der Waals surface area contributed by atoms with Crippen LogP contribution in [-0.2, 0) is 0 Å². The third kappa shape index (κ3) is 2.01. The van der Waals surface area contributed by atoms with E-state index in [-0.39, 0.29) is 0 Å².